The molecule has 0 N–H and O–H groups in total. The van der Waals surface area contributed by atoms with Crippen molar-refractivity contribution in [3.8, 4) is 0 Å². The molecule has 0 unspecified atom stereocenters. The van der Waals surface area contributed by atoms with Gasteiger partial charge in [0.2, 0.25) is 0 Å². The maximum absolute atomic E-state index is 11.6. The Balaban J connectivity index is 1.61. The first-order valence-electron chi connectivity index (χ1n) is 7.04. The van der Waals surface area contributed by atoms with Crippen molar-refractivity contribution in [1.82, 2.24) is 19.8 Å². The lowest BCUT2D eigenvalue weighted by Crippen LogP contribution is -2.46. The van der Waals surface area contributed by atoms with Gasteiger partial charge in [-0.2, -0.15) is 5.10 Å². The molecule has 0 spiro atoms. The van der Waals surface area contributed by atoms with Crippen LogP contribution in [0.4, 0.5) is 5.69 Å². The van der Waals surface area contributed by atoms with Gasteiger partial charge in [0.15, 0.2) is 0 Å². The van der Waals surface area contributed by atoms with Gasteiger partial charge in [-0.3, -0.25) is 9.69 Å². The Labute approximate surface area is 122 Å². The van der Waals surface area contributed by atoms with Crippen LogP contribution in [-0.2, 0) is 13.6 Å². The van der Waals surface area contributed by atoms with Crippen molar-refractivity contribution >= 4 is 5.69 Å². The minimum Gasteiger partial charge on any atom is -0.368 e. The van der Waals surface area contributed by atoms with Crippen LogP contribution in [-0.4, -0.2) is 46.0 Å². The first-order valence-corrected chi connectivity index (χ1v) is 7.04. The molecule has 7 heteroatoms. The molecule has 1 saturated heterocycles. The zero-order valence-electron chi connectivity index (χ0n) is 12.3. The summed E-state index contributed by atoms with van der Waals surface area (Å²) in [6.45, 7) is 6.46. The van der Waals surface area contributed by atoms with Crippen molar-refractivity contribution in [2.45, 2.75) is 13.5 Å². The average Bonchev–Trinajstić information content (AvgIpc) is 2.88. The van der Waals surface area contributed by atoms with E-state index >= 15 is 0 Å². The molecule has 0 radical (unpaired) electrons. The van der Waals surface area contributed by atoms with Crippen LogP contribution in [0, 0.1) is 6.92 Å². The second kappa shape index (κ2) is 5.69. The Kier molecular flexibility index (Phi) is 3.74. The molecular weight excluding hydrogens is 270 g/mol. The summed E-state index contributed by atoms with van der Waals surface area (Å²) in [5.74, 6) is 0.883. The number of aryl methyl sites for hydroxylation is 2. The molecule has 1 aliphatic heterocycles. The molecule has 3 heterocycles. The summed E-state index contributed by atoms with van der Waals surface area (Å²) in [4.78, 5) is 16.2. The van der Waals surface area contributed by atoms with Gasteiger partial charge >= 0.3 is 0 Å². The molecule has 0 saturated carbocycles. The largest absolute Gasteiger partial charge is 0.368 e. The van der Waals surface area contributed by atoms with Crippen molar-refractivity contribution in [3.63, 3.8) is 0 Å². The molecule has 112 valence electrons. The van der Waals surface area contributed by atoms with Crippen molar-refractivity contribution in [3.05, 3.63) is 40.1 Å². The molecular formula is C14H19N5O2. The fraction of sp³-hybridized carbons (Fsp3) is 0.500. The van der Waals surface area contributed by atoms with E-state index in [0.29, 0.717) is 0 Å². The first-order chi connectivity index (χ1) is 10.1. The Hall–Kier alpha value is -2.15. The van der Waals surface area contributed by atoms with Gasteiger partial charge in [-0.05, 0) is 6.92 Å². The van der Waals surface area contributed by atoms with E-state index in [1.807, 2.05) is 6.92 Å². The molecule has 7 nitrogen and oxygen atoms in total. The second-order valence-electron chi connectivity index (χ2n) is 5.35. The summed E-state index contributed by atoms with van der Waals surface area (Å²) in [5.41, 5.74) is 1.97. The van der Waals surface area contributed by atoms with Crippen LogP contribution in [0.5, 0.6) is 0 Å². The van der Waals surface area contributed by atoms with Crippen LogP contribution in [0.25, 0.3) is 0 Å². The van der Waals surface area contributed by atoms with Crippen molar-refractivity contribution < 1.29 is 4.52 Å². The monoisotopic (exact) mass is 289 g/mol. The fourth-order valence-corrected chi connectivity index (χ4v) is 2.51. The Morgan fingerprint density at radius 2 is 2.00 bits per heavy atom. The fourth-order valence-electron chi connectivity index (χ4n) is 2.51. The van der Waals surface area contributed by atoms with E-state index in [0.717, 1.165) is 49.7 Å². The van der Waals surface area contributed by atoms with E-state index < -0.39 is 0 Å². The SMILES string of the molecule is Cc1oncc1CN1CCN(c2cnn(C)c(=O)c2)CC1. The maximum atomic E-state index is 11.6. The minimum atomic E-state index is -0.0741. The van der Waals surface area contributed by atoms with Gasteiger partial charge in [-0.15, -0.1) is 0 Å². The van der Waals surface area contributed by atoms with Crippen LogP contribution in [0.1, 0.15) is 11.3 Å². The average molecular weight is 289 g/mol. The van der Waals surface area contributed by atoms with Crippen molar-refractivity contribution in [2.24, 2.45) is 7.05 Å². The summed E-state index contributed by atoms with van der Waals surface area (Å²) >= 11 is 0. The molecule has 0 aromatic carbocycles. The molecule has 1 fully saturated rings. The number of nitrogens with zero attached hydrogens (tertiary/aromatic N) is 5. The third-order valence-electron chi connectivity index (χ3n) is 3.94. The van der Waals surface area contributed by atoms with Crippen LogP contribution < -0.4 is 10.5 Å². The molecule has 1 aliphatic rings. The third-order valence-corrected chi connectivity index (χ3v) is 3.94. The third kappa shape index (κ3) is 2.97. The predicted octanol–water partition coefficient (Wildman–Crippen LogP) is 0.399. The molecule has 0 bridgehead atoms. The summed E-state index contributed by atoms with van der Waals surface area (Å²) in [7, 11) is 1.66. The van der Waals surface area contributed by atoms with Crippen LogP contribution in [0.3, 0.4) is 0 Å². The Bertz CT molecular complexity index is 670. The Morgan fingerprint density at radius 1 is 1.24 bits per heavy atom. The quantitative estimate of drug-likeness (QED) is 0.815. The molecule has 2 aromatic rings. The van der Waals surface area contributed by atoms with E-state index in [9.17, 15) is 4.79 Å². The topological polar surface area (TPSA) is 67.4 Å². The highest BCUT2D eigenvalue weighted by Crippen LogP contribution is 2.15. The molecule has 3 rings (SSSR count). The van der Waals surface area contributed by atoms with Gasteiger partial charge < -0.3 is 9.42 Å². The smallest absolute Gasteiger partial charge is 0.268 e. The van der Waals surface area contributed by atoms with E-state index in [1.54, 1.807) is 25.5 Å². The second-order valence-corrected chi connectivity index (χ2v) is 5.35. The van der Waals surface area contributed by atoms with Gasteiger partial charge in [-0.25, -0.2) is 4.68 Å². The number of hydrogen-bond donors (Lipinski definition) is 0. The number of anilines is 1. The summed E-state index contributed by atoms with van der Waals surface area (Å²) in [5, 5.41) is 7.88. The lowest BCUT2D eigenvalue weighted by atomic mass is 10.2. The number of piperazine rings is 1. The van der Waals surface area contributed by atoms with Crippen LogP contribution >= 0.6 is 0 Å². The van der Waals surface area contributed by atoms with E-state index in [4.69, 9.17) is 4.52 Å². The first kappa shape index (κ1) is 13.8. The number of aromatic nitrogens is 3. The van der Waals surface area contributed by atoms with E-state index in [-0.39, 0.29) is 5.56 Å². The van der Waals surface area contributed by atoms with Gasteiger partial charge in [0, 0.05) is 51.4 Å². The standard InChI is InChI=1S/C14H19N5O2/c1-11-12(8-16-21-11)10-18-3-5-19(6-4-18)13-7-14(20)17(2)15-9-13/h7-9H,3-6,10H2,1-2H3. The van der Waals surface area contributed by atoms with Crippen molar-refractivity contribution in [1.29, 1.82) is 0 Å². The predicted molar refractivity (Wildman–Crippen MR) is 78.2 cm³/mol. The summed E-state index contributed by atoms with van der Waals surface area (Å²) in [6, 6.07) is 1.65. The number of hydrogen-bond acceptors (Lipinski definition) is 6. The summed E-state index contributed by atoms with van der Waals surface area (Å²) in [6.07, 6.45) is 3.54. The molecule has 0 aliphatic carbocycles. The molecule has 0 amide bonds. The van der Waals surface area contributed by atoms with E-state index in [2.05, 4.69) is 20.1 Å². The highest BCUT2D eigenvalue weighted by atomic mass is 16.5. The highest BCUT2D eigenvalue weighted by molar-refractivity contribution is 5.43. The van der Waals surface area contributed by atoms with E-state index in [1.165, 1.54) is 4.68 Å². The maximum Gasteiger partial charge on any atom is 0.268 e. The molecule has 2 aromatic heterocycles. The van der Waals surface area contributed by atoms with Gasteiger partial charge in [0.1, 0.15) is 5.76 Å². The zero-order valence-corrected chi connectivity index (χ0v) is 12.3. The van der Waals surface area contributed by atoms with Crippen LogP contribution in [0.15, 0.2) is 27.8 Å². The van der Waals surface area contributed by atoms with Gasteiger partial charge in [0.05, 0.1) is 18.1 Å². The number of rotatable bonds is 3. The van der Waals surface area contributed by atoms with Crippen LogP contribution in [0.2, 0.25) is 0 Å². The van der Waals surface area contributed by atoms with Gasteiger partial charge in [0.25, 0.3) is 5.56 Å². The Morgan fingerprint density at radius 3 is 2.62 bits per heavy atom. The summed E-state index contributed by atoms with van der Waals surface area (Å²) < 4.78 is 6.43. The lowest BCUT2D eigenvalue weighted by molar-refractivity contribution is 0.248. The minimum absolute atomic E-state index is 0.0741. The zero-order chi connectivity index (χ0) is 14.8. The van der Waals surface area contributed by atoms with Gasteiger partial charge in [-0.1, -0.05) is 5.16 Å². The molecule has 21 heavy (non-hydrogen) atoms. The van der Waals surface area contributed by atoms with Crippen molar-refractivity contribution in [2.75, 3.05) is 31.1 Å². The normalized spacial score (nSPS) is 16.4. The highest BCUT2D eigenvalue weighted by Gasteiger charge is 2.19. The molecule has 0 atom stereocenters. The lowest BCUT2D eigenvalue weighted by Gasteiger charge is -2.35.